The predicted octanol–water partition coefficient (Wildman–Crippen LogP) is 0.274. The monoisotopic (exact) mass is 300 g/mol. The topological polar surface area (TPSA) is 89.0 Å². The fourth-order valence-corrected chi connectivity index (χ4v) is 3.91. The highest BCUT2D eigenvalue weighted by Gasteiger charge is 2.43. The Morgan fingerprint density at radius 2 is 2.40 bits per heavy atom. The maximum atomic E-state index is 12.0. The Labute approximate surface area is 121 Å². The third-order valence-electron chi connectivity index (χ3n) is 3.87. The molecule has 1 heterocycles. The van der Waals surface area contributed by atoms with E-state index in [1.165, 1.54) is 23.4 Å². The summed E-state index contributed by atoms with van der Waals surface area (Å²) in [6.07, 6.45) is 3.37. The number of nitrogens with zero attached hydrogens (tertiary/aromatic N) is 2. The number of aromatic nitrogens is 3. The number of thioether (sulfide) groups is 1. The van der Waals surface area contributed by atoms with Crippen LogP contribution >= 0.6 is 11.8 Å². The van der Waals surface area contributed by atoms with Gasteiger partial charge in [-0.15, -0.1) is 5.10 Å². The Kier molecular flexibility index (Phi) is 4.54. The first-order chi connectivity index (χ1) is 9.52. The summed E-state index contributed by atoms with van der Waals surface area (Å²) in [6.45, 7) is 0. The quantitative estimate of drug-likeness (QED) is 0.776. The maximum Gasteiger partial charge on any atom is 0.343 e. The van der Waals surface area contributed by atoms with Crippen molar-refractivity contribution in [2.45, 2.75) is 41.6 Å². The molecular weight excluding hydrogens is 280 g/mol. The minimum atomic E-state index is -0.625. The van der Waals surface area contributed by atoms with E-state index in [-0.39, 0.29) is 16.9 Å². The number of hydrogen-bond donors (Lipinski definition) is 2. The summed E-state index contributed by atoms with van der Waals surface area (Å²) < 4.78 is 6.41. The second kappa shape index (κ2) is 6.01. The highest BCUT2D eigenvalue weighted by molar-refractivity contribution is 7.99. The highest BCUT2D eigenvalue weighted by Crippen LogP contribution is 2.37. The molecule has 0 saturated heterocycles. The van der Waals surface area contributed by atoms with Crippen molar-refractivity contribution in [1.82, 2.24) is 20.1 Å². The van der Waals surface area contributed by atoms with E-state index in [1.807, 2.05) is 0 Å². The lowest BCUT2D eigenvalue weighted by molar-refractivity contribution is -0.149. The normalized spacial score (nSPS) is 26.4. The van der Waals surface area contributed by atoms with Crippen LogP contribution in [0.2, 0.25) is 0 Å². The molecule has 2 unspecified atom stereocenters. The van der Waals surface area contributed by atoms with Gasteiger partial charge in [0.15, 0.2) is 5.16 Å². The number of esters is 1. The second-order valence-corrected chi connectivity index (χ2v) is 6.30. The van der Waals surface area contributed by atoms with Crippen molar-refractivity contribution in [2.75, 3.05) is 14.2 Å². The number of methoxy groups -OCH3 is 1. The van der Waals surface area contributed by atoms with Gasteiger partial charge in [0.2, 0.25) is 0 Å². The summed E-state index contributed by atoms with van der Waals surface area (Å²) in [4.78, 5) is 23.4. The zero-order valence-corrected chi connectivity index (χ0v) is 12.7. The Balaban J connectivity index is 2.12. The van der Waals surface area contributed by atoms with Crippen LogP contribution in [0.3, 0.4) is 0 Å². The molecule has 1 saturated carbocycles. The SMILES string of the molecule is CNC1(C(=O)OC)CCCC(Sc2n[nH]c(=O)n2C)C1. The molecule has 0 radical (unpaired) electrons. The molecule has 1 aliphatic rings. The van der Waals surface area contributed by atoms with Gasteiger partial charge in [-0.1, -0.05) is 11.8 Å². The van der Waals surface area contributed by atoms with Crippen LogP contribution in [-0.4, -0.2) is 45.7 Å². The number of ether oxygens (including phenoxy) is 1. The molecule has 1 aromatic rings. The number of carbonyl (C=O) groups excluding carboxylic acids is 1. The Morgan fingerprint density at radius 1 is 1.65 bits per heavy atom. The molecule has 20 heavy (non-hydrogen) atoms. The number of carbonyl (C=O) groups is 1. The van der Waals surface area contributed by atoms with Crippen LogP contribution in [0.1, 0.15) is 25.7 Å². The maximum absolute atomic E-state index is 12.0. The number of H-pyrrole nitrogens is 1. The molecule has 1 fully saturated rings. The van der Waals surface area contributed by atoms with Gasteiger partial charge in [0.1, 0.15) is 5.54 Å². The van der Waals surface area contributed by atoms with Gasteiger partial charge in [-0.3, -0.25) is 9.36 Å². The predicted molar refractivity (Wildman–Crippen MR) is 75.7 cm³/mol. The third-order valence-corrected chi connectivity index (χ3v) is 5.18. The molecule has 8 heteroatoms. The molecule has 1 aliphatic carbocycles. The second-order valence-electron chi connectivity index (χ2n) is 5.03. The Bertz CT molecular complexity index is 541. The fourth-order valence-electron chi connectivity index (χ4n) is 2.62. The minimum Gasteiger partial charge on any atom is -0.468 e. The smallest absolute Gasteiger partial charge is 0.343 e. The summed E-state index contributed by atoms with van der Waals surface area (Å²) in [5, 5.41) is 10.4. The standard InChI is InChI=1S/C12H20N4O3S/c1-13-12(9(17)19-3)6-4-5-8(7-12)20-11-15-14-10(18)16(11)2/h8,13H,4-7H2,1-3H3,(H,14,18). The van der Waals surface area contributed by atoms with Crippen molar-refractivity contribution >= 4 is 17.7 Å². The van der Waals surface area contributed by atoms with Crippen molar-refractivity contribution < 1.29 is 9.53 Å². The highest BCUT2D eigenvalue weighted by atomic mass is 32.2. The van der Waals surface area contributed by atoms with Crippen molar-refractivity contribution in [3.63, 3.8) is 0 Å². The molecule has 0 spiro atoms. The van der Waals surface area contributed by atoms with Gasteiger partial charge in [-0.05, 0) is 32.7 Å². The summed E-state index contributed by atoms with van der Waals surface area (Å²) in [5.41, 5.74) is -0.851. The van der Waals surface area contributed by atoms with E-state index in [2.05, 4.69) is 15.5 Å². The number of nitrogens with one attached hydrogen (secondary N) is 2. The summed E-state index contributed by atoms with van der Waals surface area (Å²) in [6, 6.07) is 0. The average Bonchev–Trinajstić information content (AvgIpc) is 2.78. The van der Waals surface area contributed by atoms with E-state index in [0.717, 1.165) is 19.3 Å². The first kappa shape index (κ1) is 15.1. The molecule has 2 N–H and O–H groups in total. The molecule has 112 valence electrons. The molecule has 0 aromatic carbocycles. The van der Waals surface area contributed by atoms with Gasteiger partial charge in [0, 0.05) is 12.3 Å². The first-order valence-corrected chi connectivity index (χ1v) is 7.46. The van der Waals surface area contributed by atoms with Gasteiger partial charge in [-0.25, -0.2) is 9.89 Å². The van der Waals surface area contributed by atoms with Gasteiger partial charge in [-0.2, -0.15) is 0 Å². The van der Waals surface area contributed by atoms with E-state index in [4.69, 9.17) is 4.74 Å². The average molecular weight is 300 g/mol. The largest absolute Gasteiger partial charge is 0.468 e. The van der Waals surface area contributed by atoms with Crippen LogP contribution in [0.25, 0.3) is 0 Å². The minimum absolute atomic E-state index is 0.221. The number of likely N-dealkylation sites (N-methyl/N-ethyl adjacent to an activating group) is 1. The van der Waals surface area contributed by atoms with Crippen molar-refractivity contribution in [3.05, 3.63) is 10.5 Å². The first-order valence-electron chi connectivity index (χ1n) is 6.58. The molecule has 2 atom stereocenters. The summed E-state index contributed by atoms with van der Waals surface area (Å²) in [7, 11) is 4.88. The summed E-state index contributed by atoms with van der Waals surface area (Å²) in [5.74, 6) is -0.221. The van der Waals surface area contributed by atoms with Crippen LogP contribution in [0.5, 0.6) is 0 Å². The molecule has 0 bridgehead atoms. The third kappa shape index (κ3) is 2.76. The molecule has 2 rings (SSSR count). The lowest BCUT2D eigenvalue weighted by atomic mass is 9.81. The van der Waals surface area contributed by atoms with Gasteiger partial charge >= 0.3 is 11.7 Å². The molecular formula is C12H20N4O3S. The van der Waals surface area contributed by atoms with Crippen LogP contribution < -0.4 is 11.0 Å². The van der Waals surface area contributed by atoms with E-state index in [9.17, 15) is 9.59 Å². The van der Waals surface area contributed by atoms with Crippen LogP contribution in [0.4, 0.5) is 0 Å². The van der Waals surface area contributed by atoms with Crippen LogP contribution in [-0.2, 0) is 16.6 Å². The molecule has 1 aromatic heterocycles. The molecule has 0 amide bonds. The number of hydrogen-bond acceptors (Lipinski definition) is 6. The Hall–Kier alpha value is -1.28. The van der Waals surface area contributed by atoms with Crippen molar-refractivity contribution in [2.24, 2.45) is 7.05 Å². The van der Waals surface area contributed by atoms with Crippen LogP contribution in [0.15, 0.2) is 9.95 Å². The zero-order chi connectivity index (χ0) is 14.8. The lowest BCUT2D eigenvalue weighted by Gasteiger charge is -2.37. The van der Waals surface area contributed by atoms with Crippen molar-refractivity contribution in [3.8, 4) is 0 Å². The number of rotatable bonds is 4. The lowest BCUT2D eigenvalue weighted by Crippen LogP contribution is -2.54. The Morgan fingerprint density at radius 3 is 2.95 bits per heavy atom. The summed E-state index contributed by atoms with van der Waals surface area (Å²) >= 11 is 1.53. The zero-order valence-electron chi connectivity index (χ0n) is 11.9. The number of aromatic amines is 1. The van der Waals surface area contributed by atoms with Gasteiger partial charge < -0.3 is 10.1 Å². The van der Waals surface area contributed by atoms with Gasteiger partial charge in [0.25, 0.3) is 0 Å². The van der Waals surface area contributed by atoms with E-state index in [1.54, 1.807) is 14.1 Å². The molecule has 0 aliphatic heterocycles. The van der Waals surface area contributed by atoms with E-state index >= 15 is 0 Å². The van der Waals surface area contributed by atoms with Crippen molar-refractivity contribution in [1.29, 1.82) is 0 Å². The van der Waals surface area contributed by atoms with E-state index < -0.39 is 5.54 Å². The fraction of sp³-hybridized carbons (Fsp3) is 0.750. The van der Waals surface area contributed by atoms with E-state index in [0.29, 0.717) is 11.6 Å². The molecule has 7 nitrogen and oxygen atoms in total. The van der Waals surface area contributed by atoms with Crippen LogP contribution in [0, 0.1) is 0 Å². The van der Waals surface area contributed by atoms with Gasteiger partial charge in [0.05, 0.1) is 7.11 Å².